The molecule has 0 unspecified atom stereocenters. The Morgan fingerprint density at radius 2 is 2.16 bits per heavy atom. The highest BCUT2D eigenvalue weighted by atomic mass is 16.6. The molecule has 19 heavy (non-hydrogen) atoms. The van der Waals surface area contributed by atoms with Crippen molar-refractivity contribution in [1.82, 2.24) is 0 Å². The molecule has 0 aromatic heterocycles. The van der Waals surface area contributed by atoms with E-state index in [9.17, 15) is 14.9 Å². The van der Waals surface area contributed by atoms with Crippen LogP contribution in [0.25, 0.3) is 0 Å². The fourth-order valence-corrected chi connectivity index (χ4v) is 1.37. The normalized spacial score (nSPS) is 10.0. The molecule has 6 nitrogen and oxygen atoms in total. The minimum absolute atomic E-state index is 0.0695. The molecule has 1 aromatic rings. The van der Waals surface area contributed by atoms with E-state index in [4.69, 9.17) is 9.47 Å². The quantitative estimate of drug-likeness (QED) is 0.328. The Kier molecular flexibility index (Phi) is 5.78. The first-order valence-corrected chi connectivity index (χ1v) is 6.08. The van der Waals surface area contributed by atoms with E-state index < -0.39 is 10.9 Å². The van der Waals surface area contributed by atoms with Gasteiger partial charge >= 0.3 is 5.97 Å². The van der Waals surface area contributed by atoms with Gasteiger partial charge in [0.1, 0.15) is 5.75 Å². The Morgan fingerprint density at radius 3 is 2.79 bits per heavy atom. The number of aryl methyl sites for hydroxylation is 1. The van der Waals surface area contributed by atoms with Crippen LogP contribution in [0.15, 0.2) is 18.2 Å². The number of carbonyl (C=O) groups is 1. The van der Waals surface area contributed by atoms with Gasteiger partial charge in [-0.05, 0) is 25.0 Å². The lowest BCUT2D eigenvalue weighted by atomic mass is 10.2. The van der Waals surface area contributed by atoms with Gasteiger partial charge < -0.3 is 9.47 Å². The van der Waals surface area contributed by atoms with Crippen LogP contribution in [0.5, 0.6) is 5.75 Å². The van der Waals surface area contributed by atoms with Crippen molar-refractivity contribution < 1.29 is 19.2 Å². The highest BCUT2D eigenvalue weighted by Crippen LogP contribution is 2.23. The van der Waals surface area contributed by atoms with Gasteiger partial charge in [0.25, 0.3) is 5.69 Å². The van der Waals surface area contributed by atoms with Gasteiger partial charge in [-0.1, -0.05) is 13.3 Å². The van der Waals surface area contributed by atoms with Crippen molar-refractivity contribution in [2.45, 2.75) is 26.7 Å². The highest BCUT2D eigenvalue weighted by molar-refractivity contribution is 5.71. The fourth-order valence-electron chi connectivity index (χ4n) is 1.37. The number of nitrogens with zero attached hydrogens (tertiary/aromatic N) is 1. The summed E-state index contributed by atoms with van der Waals surface area (Å²) in [6.45, 7) is 3.87. The predicted octanol–water partition coefficient (Wildman–Crippen LogP) is 2.63. The molecule has 0 aliphatic carbocycles. The molecule has 1 aromatic carbocycles. The molecule has 0 fully saturated rings. The molecule has 0 saturated carbocycles. The van der Waals surface area contributed by atoms with Gasteiger partial charge in [0.2, 0.25) is 0 Å². The smallest absolute Gasteiger partial charge is 0.344 e. The topological polar surface area (TPSA) is 78.7 Å². The van der Waals surface area contributed by atoms with Crippen LogP contribution in [0.2, 0.25) is 0 Å². The third-order valence-electron chi connectivity index (χ3n) is 2.49. The Bertz CT molecular complexity index is 458. The van der Waals surface area contributed by atoms with E-state index in [2.05, 4.69) is 0 Å². The number of hydrogen-bond donors (Lipinski definition) is 0. The molecule has 0 atom stereocenters. The Balaban J connectivity index is 2.54. The van der Waals surface area contributed by atoms with E-state index in [1.54, 1.807) is 13.0 Å². The van der Waals surface area contributed by atoms with Crippen molar-refractivity contribution in [3.05, 3.63) is 33.9 Å². The number of nitro groups is 1. The summed E-state index contributed by atoms with van der Waals surface area (Å²) in [7, 11) is 0. The van der Waals surface area contributed by atoms with Crippen molar-refractivity contribution in [1.29, 1.82) is 0 Å². The van der Waals surface area contributed by atoms with Crippen molar-refractivity contribution in [2.24, 2.45) is 0 Å². The lowest BCUT2D eigenvalue weighted by molar-refractivity contribution is -0.384. The summed E-state index contributed by atoms with van der Waals surface area (Å²) in [6, 6.07) is 4.27. The van der Waals surface area contributed by atoms with Crippen molar-refractivity contribution in [3.8, 4) is 5.75 Å². The molecule has 0 aliphatic rings. The van der Waals surface area contributed by atoms with Gasteiger partial charge in [0.05, 0.1) is 17.6 Å². The average Bonchev–Trinajstić information content (AvgIpc) is 2.37. The van der Waals surface area contributed by atoms with Crippen molar-refractivity contribution >= 4 is 11.7 Å². The summed E-state index contributed by atoms with van der Waals surface area (Å²) in [5.74, 6) is -0.152. The maximum absolute atomic E-state index is 11.3. The molecule has 0 amide bonds. The fraction of sp³-hybridized carbons (Fsp3) is 0.462. The van der Waals surface area contributed by atoms with Crippen LogP contribution < -0.4 is 4.74 Å². The number of non-ortho nitro benzene ring substituents is 1. The van der Waals surface area contributed by atoms with Crippen LogP contribution in [0.3, 0.4) is 0 Å². The predicted molar refractivity (Wildman–Crippen MR) is 69.2 cm³/mol. The molecular formula is C13H17NO5. The summed E-state index contributed by atoms with van der Waals surface area (Å²) in [4.78, 5) is 21.5. The summed E-state index contributed by atoms with van der Waals surface area (Å²) < 4.78 is 10.2. The number of unbranched alkanes of at least 4 members (excludes halogenated alkanes) is 1. The van der Waals surface area contributed by atoms with Crippen LogP contribution in [0.4, 0.5) is 5.69 Å². The number of benzene rings is 1. The zero-order valence-electron chi connectivity index (χ0n) is 11.0. The number of nitro benzene ring substituents is 1. The van der Waals surface area contributed by atoms with E-state index in [0.29, 0.717) is 12.4 Å². The molecule has 0 N–H and O–H groups in total. The zero-order valence-corrected chi connectivity index (χ0v) is 11.0. The van der Waals surface area contributed by atoms with Crippen molar-refractivity contribution in [3.63, 3.8) is 0 Å². The van der Waals surface area contributed by atoms with Crippen LogP contribution in [-0.2, 0) is 9.53 Å². The van der Waals surface area contributed by atoms with Crippen LogP contribution >= 0.6 is 0 Å². The molecule has 0 bridgehead atoms. The number of rotatable bonds is 7. The van der Waals surface area contributed by atoms with Gasteiger partial charge in [0.15, 0.2) is 6.61 Å². The van der Waals surface area contributed by atoms with E-state index in [0.717, 1.165) is 18.4 Å². The van der Waals surface area contributed by atoms with Crippen molar-refractivity contribution in [2.75, 3.05) is 13.2 Å². The van der Waals surface area contributed by atoms with Crippen LogP contribution in [0, 0.1) is 17.0 Å². The first kappa shape index (κ1) is 14.9. The third kappa shape index (κ3) is 4.95. The monoisotopic (exact) mass is 267 g/mol. The summed E-state index contributed by atoms with van der Waals surface area (Å²) >= 11 is 0. The lowest BCUT2D eigenvalue weighted by Gasteiger charge is -2.08. The van der Waals surface area contributed by atoms with E-state index in [-0.39, 0.29) is 12.3 Å². The molecule has 0 radical (unpaired) electrons. The van der Waals surface area contributed by atoms with Crippen LogP contribution in [-0.4, -0.2) is 24.1 Å². The Hall–Kier alpha value is -2.11. The van der Waals surface area contributed by atoms with E-state index in [1.165, 1.54) is 12.1 Å². The highest BCUT2D eigenvalue weighted by Gasteiger charge is 2.11. The van der Waals surface area contributed by atoms with Gasteiger partial charge in [0, 0.05) is 6.07 Å². The number of hydrogen-bond acceptors (Lipinski definition) is 5. The first-order chi connectivity index (χ1) is 9.04. The molecule has 0 heterocycles. The SMILES string of the molecule is CCCCOC(=O)COc1cc([N+](=O)[O-])ccc1C. The van der Waals surface area contributed by atoms with E-state index >= 15 is 0 Å². The molecule has 104 valence electrons. The summed E-state index contributed by atoms with van der Waals surface area (Å²) in [6.07, 6.45) is 1.75. The second kappa shape index (κ2) is 7.35. The maximum Gasteiger partial charge on any atom is 0.344 e. The largest absolute Gasteiger partial charge is 0.481 e. The summed E-state index contributed by atoms with van der Waals surface area (Å²) in [5, 5.41) is 10.6. The van der Waals surface area contributed by atoms with Gasteiger partial charge in [-0.3, -0.25) is 10.1 Å². The molecule has 1 rings (SSSR count). The van der Waals surface area contributed by atoms with Crippen LogP contribution in [0.1, 0.15) is 25.3 Å². The minimum Gasteiger partial charge on any atom is -0.481 e. The van der Waals surface area contributed by atoms with Gasteiger partial charge in [-0.2, -0.15) is 0 Å². The van der Waals surface area contributed by atoms with Gasteiger partial charge in [-0.15, -0.1) is 0 Å². The van der Waals surface area contributed by atoms with E-state index in [1.807, 2.05) is 6.92 Å². The molecule has 0 aliphatic heterocycles. The van der Waals surface area contributed by atoms with Gasteiger partial charge in [-0.25, -0.2) is 4.79 Å². The Labute approximate surface area is 111 Å². The number of ether oxygens (including phenoxy) is 2. The molecular weight excluding hydrogens is 250 g/mol. The zero-order chi connectivity index (χ0) is 14.3. The Morgan fingerprint density at radius 1 is 1.42 bits per heavy atom. The molecule has 0 saturated heterocycles. The molecule has 6 heteroatoms. The summed E-state index contributed by atoms with van der Waals surface area (Å²) in [5.41, 5.74) is 0.659. The maximum atomic E-state index is 11.3. The lowest BCUT2D eigenvalue weighted by Crippen LogP contribution is -2.15. The molecule has 0 spiro atoms. The average molecular weight is 267 g/mol. The second-order valence-electron chi connectivity index (χ2n) is 4.07. The minimum atomic E-state index is -0.508. The second-order valence-corrected chi connectivity index (χ2v) is 4.07. The number of carbonyl (C=O) groups excluding carboxylic acids is 1. The first-order valence-electron chi connectivity index (χ1n) is 6.08. The third-order valence-corrected chi connectivity index (χ3v) is 2.49. The standard InChI is InChI=1S/C13H17NO5/c1-3-4-7-18-13(15)9-19-12-8-11(14(16)17)6-5-10(12)2/h5-6,8H,3-4,7,9H2,1-2H3. The number of esters is 1.